The molecule has 0 aliphatic heterocycles. The first-order chi connectivity index (χ1) is 9.04. The van der Waals surface area contributed by atoms with Gasteiger partial charge in [0.25, 0.3) is 0 Å². The summed E-state index contributed by atoms with van der Waals surface area (Å²) < 4.78 is 5.09. The Labute approximate surface area is 111 Å². The number of methoxy groups -OCH3 is 1. The van der Waals surface area contributed by atoms with E-state index < -0.39 is 0 Å². The normalized spacial score (nSPS) is 18.0. The van der Waals surface area contributed by atoms with Crippen LogP contribution in [0.2, 0.25) is 0 Å². The molecule has 100 valence electrons. The maximum atomic E-state index is 11.4. The third-order valence-electron chi connectivity index (χ3n) is 3.25. The molecule has 0 spiro atoms. The summed E-state index contributed by atoms with van der Waals surface area (Å²) in [4.78, 5) is 11.4. The zero-order valence-electron chi connectivity index (χ0n) is 10.9. The standard InChI is InChI=1S/C15H16O4/c1-9(16)12-7-8-13(17)14(15(12)18)10-3-5-11(19-2)6-4-10/h3,5-8,10,17-18H,4H2,1-2H3. The highest BCUT2D eigenvalue weighted by Gasteiger charge is 2.22. The fraction of sp³-hybridized carbons (Fsp3) is 0.267. The lowest BCUT2D eigenvalue weighted by Gasteiger charge is -2.19. The third kappa shape index (κ3) is 2.47. The van der Waals surface area contributed by atoms with Crippen LogP contribution in [0.25, 0.3) is 0 Å². The second-order valence-corrected chi connectivity index (χ2v) is 4.46. The van der Waals surface area contributed by atoms with E-state index in [4.69, 9.17) is 4.74 Å². The molecule has 0 bridgehead atoms. The largest absolute Gasteiger partial charge is 0.508 e. The Morgan fingerprint density at radius 2 is 2.11 bits per heavy atom. The van der Waals surface area contributed by atoms with E-state index in [9.17, 15) is 15.0 Å². The molecular formula is C15H16O4. The number of Topliss-reactive ketones (excluding diaryl/α,β-unsaturated/α-hetero) is 1. The van der Waals surface area contributed by atoms with Gasteiger partial charge in [-0.25, -0.2) is 0 Å². The Morgan fingerprint density at radius 3 is 2.63 bits per heavy atom. The number of ketones is 1. The Morgan fingerprint density at radius 1 is 1.37 bits per heavy atom. The van der Waals surface area contributed by atoms with E-state index in [-0.39, 0.29) is 28.8 Å². The first kappa shape index (κ1) is 13.2. The highest BCUT2D eigenvalue weighted by molar-refractivity contribution is 5.97. The lowest BCUT2D eigenvalue weighted by molar-refractivity contribution is 0.101. The van der Waals surface area contributed by atoms with Gasteiger partial charge in [0.05, 0.1) is 12.7 Å². The van der Waals surface area contributed by atoms with Crippen LogP contribution < -0.4 is 0 Å². The number of hydrogen-bond donors (Lipinski definition) is 2. The molecule has 0 heterocycles. The van der Waals surface area contributed by atoms with Gasteiger partial charge in [-0.15, -0.1) is 0 Å². The number of phenolic OH excluding ortho intramolecular Hbond substituents is 2. The van der Waals surface area contributed by atoms with Crippen LogP contribution in [0.1, 0.15) is 35.2 Å². The third-order valence-corrected chi connectivity index (χ3v) is 3.25. The van der Waals surface area contributed by atoms with Gasteiger partial charge in [0.2, 0.25) is 0 Å². The predicted molar refractivity (Wildman–Crippen MR) is 71.4 cm³/mol. The summed E-state index contributed by atoms with van der Waals surface area (Å²) in [6.07, 6.45) is 6.11. The number of aromatic hydroxyl groups is 2. The minimum atomic E-state index is -0.230. The van der Waals surface area contributed by atoms with E-state index in [1.165, 1.54) is 19.1 Å². The average molecular weight is 260 g/mol. The Balaban J connectivity index is 2.41. The molecule has 1 aliphatic rings. The summed E-state index contributed by atoms with van der Waals surface area (Å²) in [5, 5.41) is 20.1. The maximum Gasteiger partial charge on any atom is 0.163 e. The molecule has 1 unspecified atom stereocenters. The van der Waals surface area contributed by atoms with Gasteiger partial charge in [-0.3, -0.25) is 4.79 Å². The molecule has 2 rings (SSSR count). The summed E-state index contributed by atoms with van der Waals surface area (Å²) in [5.41, 5.74) is 0.609. The van der Waals surface area contributed by atoms with Crippen LogP contribution in [0.4, 0.5) is 0 Å². The molecule has 4 nitrogen and oxygen atoms in total. The minimum Gasteiger partial charge on any atom is -0.508 e. The SMILES string of the molecule is COC1=CCC(c2c(O)ccc(C(C)=O)c2O)C=C1. The summed E-state index contributed by atoms with van der Waals surface area (Å²) in [7, 11) is 1.59. The maximum absolute atomic E-state index is 11.4. The molecule has 0 aromatic heterocycles. The second-order valence-electron chi connectivity index (χ2n) is 4.46. The van der Waals surface area contributed by atoms with E-state index in [0.29, 0.717) is 12.0 Å². The summed E-state index contributed by atoms with van der Waals surface area (Å²) in [6, 6.07) is 2.87. The number of benzene rings is 1. The molecular weight excluding hydrogens is 244 g/mol. The number of carbonyl (C=O) groups is 1. The van der Waals surface area contributed by atoms with Crippen molar-refractivity contribution in [1.29, 1.82) is 0 Å². The average Bonchev–Trinajstić information content (AvgIpc) is 2.39. The van der Waals surface area contributed by atoms with Crippen molar-refractivity contribution in [3.8, 4) is 11.5 Å². The number of ether oxygens (including phenoxy) is 1. The fourth-order valence-corrected chi connectivity index (χ4v) is 2.21. The van der Waals surface area contributed by atoms with Crippen molar-refractivity contribution in [2.24, 2.45) is 0 Å². The fourth-order valence-electron chi connectivity index (χ4n) is 2.21. The molecule has 4 heteroatoms. The van der Waals surface area contributed by atoms with E-state index in [1.807, 2.05) is 12.2 Å². The van der Waals surface area contributed by atoms with Gasteiger partial charge < -0.3 is 14.9 Å². The van der Waals surface area contributed by atoms with Gasteiger partial charge in [0, 0.05) is 11.5 Å². The van der Waals surface area contributed by atoms with Crippen LogP contribution in [0, 0.1) is 0 Å². The van der Waals surface area contributed by atoms with Crippen LogP contribution >= 0.6 is 0 Å². The zero-order valence-corrected chi connectivity index (χ0v) is 10.9. The quantitative estimate of drug-likeness (QED) is 0.820. The highest BCUT2D eigenvalue weighted by Crippen LogP contribution is 2.40. The van der Waals surface area contributed by atoms with Gasteiger partial charge in [-0.2, -0.15) is 0 Å². The molecule has 19 heavy (non-hydrogen) atoms. The van der Waals surface area contributed by atoms with E-state index in [0.717, 1.165) is 5.76 Å². The predicted octanol–water partition coefficient (Wildman–Crippen LogP) is 2.87. The molecule has 0 saturated heterocycles. The highest BCUT2D eigenvalue weighted by atomic mass is 16.5. The van der Waals surface area contributed by atoms with Crippen LogP contribution in [0.15, 0.2) is 36.1 Å². The van der Waals surface area contributed by atoms with Crippen molar-refractivity contribution in [2.75, 3.05) is 7.11 Å². The van der Waals surface area contributed by atoms with Crippen molar-refractivity contribution in [1.82, 2.24) is 0 Å². The molecule has 1 aromatic rings. The minimum absolute atomic E-state index is 0.00795. The number of phenols is 2. The molecule has 0 saturated carbocycles. The van der Waals surface area contributed by atoms with Crippen LogP contribution in [0.3, 0.4) is 0 Å². The van der Waals surface area contributed by atoms with Crippen LogP contribution in [0.5, 0.6) is 11.5 Å². The monoisotopic (exact) mass is 260 g/mol. The summed E-state index contributed by atoms with van der Waals surface area (Å²) in [5.74, 6) is 0.200. The zero-order chi connectivity index (χ0) is 14.0. The molecule has 0 radical (unpaired) electrons. The molecule has 0 fully saturated rings. The Kier molecular flexibility index (Phi) is 3.60. The van der Waals surface area contributed by atoms with Gasteiger partial charge in [0.1, 0.15) is 17.3 Å². The van der Waals surface area contributed by atoms with Gasteiger partial charge >= 0.3 is 0 Å². The molecule has 0 amide bonds. The van der Waals surface area contributed by atoms with Crippen LogP contribution in [-0.2, 0) is 4.74 Å². The van der Waals surface area contributed by atoms with Crippen molar-refractivity contribution < 1.29 is 19.7 Å². The summed E-state index contributed by atoms with van der Waals surface area (Å²) >= 11 is 0. The van der Waals surface area contributed by atoms with Crippen molar-refractivity contribution in [3.63, 3.8) is 0 Å². The van der Waals surface area contributed by atoms with E-state index in [1.54, 1.807) is 13.2 Å². The van der Waals surface area contributed by atoms with Crippen molar-refractivity contribution >= 4 is 5.78 Å². The molecule has 1 aromatic carbocycles. The Hall–Kier alpha value is -2.23. The number of rotatable bonds is 3. The topological polar surface area (TPSA) is 66.8 Å². The summed E-state index contributed by atoms with van der Waals surface area (Å²) in [6.45, 7) is 1.38. The van der Waals surface area contributed by atoms with Gasteiger partial charge in [-0.1, -0.05) is 6.08 Å². The second kappa shape index (κ2) is 5.18. The molecule has 1 atom stereocenters. The van der Waals surface area contributed by atoms with Crippen molar-refractivity contribution in [3.05, 3.63) is 47.2 Å². The van der Waals surface area contributed by atoms with E-state index >= 15 is 0 Å². The first-order valence-corrected chi connectivity index (χ1v) is 6.02. The number of hydrogen-bond acceptors (Lipinski definition) is 4. The number of allylic oxidation sites excluding steroid dienone is 3. The lowest BCUT2D eigenvalue weighted by atomic mass is 9.89. The van der Waals surface area contributed by atoms with Gasteiger partial charge in [0.15, 0.2) is 5.78 Å². The van der Waals surface area contributed by atoms with Gasteiger partial charge in [-0.05, 0) is 37.6 Å². The first-order valence-electron chi connectivity index (χ1n) is 6.02. The molecule has 1 aliphatic carbocycles. The van der Waals surface area contributed by atoms with Crippen LogP contribution in [-0.4, -0.2) is 23.1 Å². The Bertz CT molecular complexity index is 570. The molecule has 2 N–H and O–H groups in total. The van der Waals surface area contributed by atoms with E-state index in [2.05, 4.69) is 0 Å². The lowest BCUT2D eigenvalue weighted by Crippen LogP contribution is -2.03. The smallest absolute Gasteiger partial charge is 0.163 e. The number of carbonyl (C=O) groups excluding carboxylic acids is 1. The van der Waals surface area contributed by atoms with Crippen molar-refractivity contribution in [2.45, 2.75) is 19.3 Å².